The third kappa shape index (κ3) is 12.7. The number of aliphatic hydroxyl groups is 1. The molecule has 17 nitrogen and oxygen atoms in total. The highest BCUT2D eigenvalue weighted by molar-refractivity contribution is 5.96. The van der Waals surface area contributed by atoms with Crippen LogP contribution in [0.15, 0.2) is 4.99 Å². The number of carbonyl (C=O) groups is 6. The van der Waals surface area contributed by atoms with Crippen LogP contribution in [-0.4, -0.2) is 88.5 Å². The van der Waals surface area contributed by atoms with Crippen molar-refractivity contribution in [1.29, 1.82) is 0 Å². The van der Waals surface area contributed by atoms with Gasteiger partial charge in [-0.05, 0) is 19.8 Å². The molecule has 17 heteroatoms. The fourth-order valence-electron chi connectivity index (χ4n) is 2.68. The van der Waals surface area contributed by atoms with E-state index in [9.17, 15) is 39.0 Å². The van der Waals surface area contributed by atoms with Crippen molar-refractivity contribution in [3.63, 3.8) is 0 Å². The largest absolute Gasteiger partial charge is 0.480 e. The molecule has 0 aliphatic carbocycles. The van der Waals surface area contributed by atoms with Gasteiger partial charge in [-0.15, -0.1) is 0 Å². The molecule has 0 aromatic heterocycles. The minimum Gasteiger partial charge on any atom is -0.480 e. The molecule has 35 heavy (non-hydrogen) atoms. The Morgan fingerprint density at radius 2 is 1.37 bits per heavy atom. The van der Waals surface area contributed by atoms with Gasteiger partial charge in [0.05, 0.1) is 25.0 Å². The van der Waals surface area contributed by atoms with Gasteiger partial charge in [0.2, 0.25) is 29.5 Å². The number of hydrogen-bond acceptors (Lipinski definition) is 9. The monoisotopic (exact) mass is 503 g/mol. The predicted molar refractivity (Wildman–Crippen MR) is 121 cm³/mol. The number of hydrogen-bond donors (Lipinski definition) is 10. The van der Waals surface area contributed by atoms with Crippen molar-refractivity contribution in [2.45, 2.75) is 62.9 Å². The summed E-state index contributed by atoms with van der Waals surface area (Å²) in [7, 11) is 0. The van der Waals surface area contributed by atoms with E-state index in [1.165, 1.54) is 0 Å². The maximum atomic E-state index is 12.7. The van der Waals surface area contributed by atoms with E-state index in [1.807, 2.05) is 0 Å². The Bertz CT molecular complexity index is 829. The first kappa shape index (κ1) is 31.0. The summed E-state index contributed by atoms with van der Waals surface area (Å²) in [6, 6.07) is -6.12. The minimum absolute atomic E-state index is 0.0841. The van der Waals surface area contributed by atoms with Crippen molar-refractivity contribution in [1.82, 2.24) is 16.0 Å². The van der Waals surface area contributed by atoms with E-state index >= 15 is 0 Å². The summed E-state index contributed by atoms with van der Waals surface area (Å²) in [5.74, 6) is -6.65. The molecule has 5 unspecified atom stereocenters. The van der Waals surface area contributed by atoms with Gasteiger partial charge in [-0.25, -0.2) is 4.79 Å². The first-order valence-corrected chi connectivity index (χ1v) is 10.3. The first-order chi connectivity index (χ1) is 16.1. The number of carbonyl (C=O) groups excluding carboxylic acids is 5. The summed E-state index contributed by atoms with van der Waals surface area (Å²) in [5.41, 5.74) is 26.0. The molecule has 0 bridgehead atoms. The predicted octanol–water partition coefficient (Wildman–Crippen LogP) is -5.96. The molecule has 5 amide bonds. The van der Waals surface area contributed by atoms with Crippen molar-refractivity contribution < 1.29 is 39.0 Å². The number of carboxylic acids is 1. The number of primary amides is 2. The average Bonchev–Trinajstić information content (AvgIpc) is 2.71. The van der Waals surface area contributed by atoms with Crippen LogP contribution < -0.4 is 44.6 Å². The molecule has 0 fully saturated rings. The molecule has 0 aromatic carbocycles. The van der Waals surface area contributed by atoms with Crippen LogP contribution in [0.5, 0.6) is 0 Å². The summed E-state index contributed by atoms with van der Waals surface area (Å²) in [5, 5.41) is 25.7. The molecule has 0 aromatic rings. The zero-order valence-corrected chi connectivity index (χ0v) is 19.1. The number of aliphatic carboxylic acids is 1. The molecule has 0 spiro atoms. The number of rotatable bonds is 16. The fourth-order valence-corrected chi connectivity index (χ4v) is 2.68. The number of aliphatic hydroxyl groups excluding tert-OH is 1. The second kappa shape index (κ2) is 15.0. The molecule has 0 radical (unpaired) electrons. The molecule has 0 saturated heterocycles. The van der Waals surface area contributed by atoms with E-state index in [1.54, 1.807) is 0 Å². The van der Waals surface area contributed by atoms with Gasteiger partial charge >= 0.3 is 5.97 Å². The van der Waals surface area contributed by atoms with E-state index < -0.39 is 78.6 Å². The molecule has 0 heterocycles. The maximum Gasteiger partial charge on any atom is 0.326 e. The van der Waals surface area contributed by atoms with Crippen LogP contribution in [0.25, 0.3) is 0 Å². The zero-order chi connectivity index (χ0) is 27.3. The summed E-state index contributed by atoms with van der Waals surface area (Å²) in [4.78, 5) is 74.9. The SMILES string of the molecule is CC(O)C(NC(=O)C(N)CC(N)=O)C(=O)NC(CC(N)=O)C(=O)NC(CCCN=C(N)N)C(=O)O. The Balaban J connectivity index is 5.42. The van der Waals surface area contributed by atoms with Gasteiger partial charge in [-0.3, -0.25) is 29.0 Å². The molecule has 198 valence electrons. The highest BCUT2D eigenvalue weighted by atomic mass is 16.4. The molecule has 0 saturated carbocycles. The number of guanidine groups is 1. The highest BCUT2D eigenvalue weighted by Crippen LogP contribution is 2.03. The van der Waals surface area contributed by atoms with E-state index in [2.05, 4.69) is 20.9 Å². The Hall–Kier alpha value is -3.99. The van der Waals surface area contributed by atoms with Crippen LogP contribution in [0, 0.1) is 0 Å². The third-order valence-corrected chi connectivity index (χ3v) is 4.42. The van der Waals surface area contributed by atoms with E-state index in [-0.39, 0.29) is 25.3 Å². The van der Waals surface area contributed by atoms with Crippen molar-refractivity contribution in [3.8, 4) is 0 Å². The lowest BCUT2D eigenvalue weighted by Crippen LogP contribution is -2.60. The van der Waals surface area contributed by atoms with Crippen LogP contribution in [0.3, 0.4) is 0 Å². The lowest BCUT2D eigenvalue weighted by molar-refractivity contribution is -0.142. The van der Waals surface area contributed by atoms with Crippen LogP contribution in [-0.2, 0) is 28.8 Å². The second-order valence-electron chi connectivity index (χ2n) is 7.58. The third-order valence-electron chi connectivity index (χ3n) is 4.42. The second-order valence-corrected chi connectivity index (χ2v) is 7.58. The van der Waals surface area contributed by atoms with Gasteiger partial charge in [-0.2, -0.15) is 0 Å². The molecule has 15 N–H and O–H groups in total. The normalized spacial score (nSPS) is 14.8. The van der Waals surface area contributed by atoms with Gasteiger partial charge in [-0.1, -0.05) is 0 Å². The van der Waals surface area contributed by atoms with E-state index in [4.69, 9.17) is 28.7 Å². The summed E-state index contributed by atoms with van der Waals surface area (Å²) in [6.45, 7) is 1.24. The standard InChI is InChI=1S/C18H33N9O8/c1-7(28)13(27-14(31)8(19)5-11(20)29)16(33)26-10(6-12(21)30)15(32)25-9(17(34)35)3-2-4-24-18(22)23/h7-10,13,28H,2-6,19H2,1H3,(H2,20,29)(H2,21,30)(H,25,32)(H,26,33)(H,27,31)(H,34,35)(H4,22,23,24). The van der Waals surface area contributed by atoms with Gasteiger partial charge in [0.1, 0.15) is 18.1 Å². The van der Waals surface area contributed by atoms with Crippen LogP contribution >= 0.6 is 0 Å². The van der Waals surface area contributed by atoms with Crippen molar-refractivity contribution in [3.05, 3.63) is 0 Å². The Labute approximate surface area is 200 Å². The summed E-state index contributed by atoms with van der Waals surface area (Å²) < 4.78 is 0. The number of nitrogens with one attached hydrogen (secondary N) is 3. The van der Waals surface area contributed by atoms with Crippen molar-refractivity contribution in [2.75, 3.05) is 6.54 Å². The lowest BCUT2D eigenvalue weighted by atomic mass is 10.1. The first-order valence-electron chi connectivity index (χ1n) is 10.3. The summed E-state index contributed by atoms with van der Waals surface area (Å²) >= 11 is 0. The van der Waals surface area contributed by atoms with Crippen LogP contribution in [0.4, 0.5) is 0 Å². The molecular weight excluding hydrogens is 470 g/mol. The molecule has 0 aliphatic heterocycles. The number of nitrogens with two attached hydrogens (primary N) is 5. The Kier molecular flexibility index (Phi) is 13.3. The van der Waals surface area contributed by atoms with E-state index in [0.717, 1.165) is 6.92 Å². The quantitative estimate of drug-likeness (QED) is 0.0536. The van der Waals surface area contributed by atoms with E-state index in [0.29, 0.717) is 0 Å². The highest BCUT2D eigenvalue weighted by Gasteiger charge is 2.33. The van der Waals surface area contributed by atoms with Crippen LogP contribution in [0.2, 0.25) is 0 Å². The molecule has 0 rings (SSSR count). The van der Waals surface area contributed by atoms with Gasteiger partial charge in [0.25, 0.3) is 0 Å². The number of carboxylic acid groups (broad SMARTS) is 1. The minimum atomic E-state index is -1.65. The number of amides is 5. The molecule has 0 aliphatic rings. The number of nitrogens with zero attached hydrogens (tertiary/aromatic N) is 1. The Morgan fingerprint density at radius 1 is 0.829 bits per heavy atom. The zero-order valence-electron chi connectivity index (χ0n) is 19.1. The lowest BCUT2D eigenvalue weighted by Gasteiger charge is -2.26. The summed E-state index contributed by atoms with van der Waals surface area (Å²) in [6.07, 6.45) is -2.66. The topological polar surface area (TPSA) is 321 Å². The number of aliphatic imine (C=N–C) groups is 1. The van der Waals surface area contributed by atoms with Gasteiger partial charge in [0, 0.05) is 6.54 Å². The molecule has 5 atom stereocenters. The smallest absolute Gasteiger partial charge is 0.326 e. The average molecular weight is 504 g/mol. The van der Waals surface area contributed by atoms with Crippen LogP contribution in [0.1, 0.15) is 32.6 Å². The molecular formula is C18H33N9O8. The van der Waals surface area contributed by atoms with Crippen molar-refractivity contribution >= 4 is 41.5 Å². The fraction of sp³-hybridized carbons (Fsp3) is 0.611. The Morgan fingerprint density at radius 3 is 1.83 bits per heavy atom. The van der Waals surface area contributed by atoms with Gasteiger partial charge < -0.3 is 54.8 Å². The van der Waals surface area contributed by atoms with Gasteiger partial charge in [0.15, 0.2) is 5.96 Å². The van der Waals surface area contributed by atoms with Crippen molar-refractivity contribution in [2.24, 2.45) is 33.7 Å². The maximum absolute atomic E-state index is 12.7.